The molecule has 3 N–H and O–H groups in total. The fourth-order valence-electron chi connectivity index (χ4n) is 3.24. The van der Waals surface area contributed by atoms with E-state index < -0.39 is 6.03 Å². The lowest BCUT2D eigenvalue weighted by Gasteiger charge is -2.11. The van der Waals surface area contributed by atoms with E-state index in [1.54, 1.807) is 17.9 Å². The molecule has 0 bridgehead atoms. The second-order valence-corrected chi connectivity index (χ2v) is 6.84. The molecule has 0 saturated carbocycles. The molecule has 30 heavy (non-hydrogen) atoms. The summed E-state index contributed by atoms with van der Waals surface area (Å²) in [6.07, 6.45) is 4.95. The quantitative estimate of drug-likeness (QED) is 0.476. The van der Waals surface area contributed by atoms with Crippen molar-refractivity contribution in [2.75, 3.05) is 10.6 Å². The van der Waals surface area contributed by atoms with Gasteiger partial charge < -0.3 is 16.0 Å². The molecule has 4 aromatic rings. The van der Waals surface area contributed by atoms with Crippen LogP contribution in [0.3, 0.4) is 0 Å². The lowest BCUT2D eigenvalue weighted by atomic mass is 10.1. The van der Waals surface area contributed by atoms with Gasteiger partial charge in [-0.3, -0.25) is 14.2 Å². The van der Waals surface area contributed by atoms with Crippen molar-refractivity contribution in [1.82, 2.24) is 24.9 Å². The van der Waals surface area contributed by atoms with Gasteiger partial charge in [0.25, 0.3) is 5.91 Å². The Kier molecular flexibility index (Phi) is 5.17. The summed E-state index contributed by atoms with van der Waals surface area (Å²) < 4.78 is 3.09. The standard InChI is InChI=1S/C21H21N7O2/c1-27-13-14(11-23-27)10-22-20(29)19-18(12-24-28(19)2)26-21(30)25-17-9-5-7-15-6-3-4-8-16(15)17/h3-9,11-13H,10H2,1-2H3,(H,22,29)(H2,25,26,30). The van der Waals surface area contributed by atoms with Crippen molar-refractivity contribution in [3.05, 3.63) is 72.3 Å². The van der Waals surface area contributed by atoms with Crippen molar-refractivity contribution in [3.8, 4) is 0 Å². The highest BCUT2D eigenvalue weighted by atomic mass is 16.2. The third-order valence-corrected chi connectivity index (χ3v) is 4.65. The fraction of sp³-hybridized carbons (Fsp3) is 0.143. The maximum absolute atomic E-state index is 12.7. The largest absolute Gasteiger partial charge is 0.346 e. The molecule has 3 amide bonds. The van der Waals surface area contributed by atoms with Gasteiger partial charge in [-0.05, 0) is 11.5 Å². The number of anilines is 2. The van der Waals surface area contributed by atoms with E-state index in [0.717, 1.165) is 16.3 Å². The molecule has 0 atom stereocenters. The average molecular weight is 403 g/mol. The minimum atomic E-state index is -0.458. The lowest BCUT2D eigenvalue weighted by Crippen LogP contribution is -2.27. The maximum atomic E-state index is 12.7. The predicted octanol–water partition coefficient (Wildman–Crippen LogP) is 2.88. The zero-order valence-corrected chi connectivity index (χ0v) is 16.6. The molecule has 0 unspecified atom stereocenters. The number of urea groups is 1. The second kappa shape index (κ2) is 8.08. The minimum Gasteiger partial charge on any atom is -0.346 e. The number of carbonyl (C=O) groups excluding carboxylic acids is 2. The first-order chi connectivity index (χ1) is 14.5. The van der Waals surface area contributed by atoms with Crippen LogP contribution in [0, 0.1) is 0 Å². The zero-order valence-electron chi connectivity index (χ0n) is 16.6. The van der Waals surface area contributed by atoms with Crippen LogP contribution < -0.4 is 16.0 Å². The van der Waals surface area contributed by atoms with Gasteiger partial charge in [-0.25, -0.2) is 4.79 Å². The van der Waals surface area contributed by atoms with E-state index in [-0.39, 0.29) is 11.6 Å². The van der Waals surface area contributed by atoms with Gasteiger partial charge in [-0.15, -0.1) is 0 Å². The van der Waals surface area contributed by atoms with Gasteiger partial charge in [-0.1, -0.05) is 36.4 Å². The van der Waals surface area contributed by atoms with Crippen molar-refractivity contribution in [3.63, 3.8) is 0 Å². The van der Waals surface area contributed by atoms with E-state index in [0.29, 0.717) is 17.9 Å². The number of hydrogen-bond donors (Lipinski definition) is 3. The van der Waals surface area contributed by atoms with Gasteiger partial charge in [-0.2, -0.15) is 10.2 Å². The van der Waals surface area contributed by atoms with Crippen LogP contribution in [-0.2, 0) is 20.6 Å². The van der Waals surface area contributed by atoms with E-state index in [2.05, 4.69) is 26.1 Å². The Morgan fingerprint density at radius 1 is 0.933 bits per heavy atom. The summed E-state index contributed by atoms with van der Waals surface area (Å²) >= 11 is 0. The molecular formula is C21H21N7O2. The van der Waals surface area contributed by atoms with Gasteiger partial charge >= 0.3 is 6.03 Å². The Hall–Kier alpha value is -4.14. The number of benzene rings is 2. The number of aryl methyl sites for hydroxylation is 2. The van der Waals surface area contributed by atoms with Crippen LogP contribution in [0.2, 0.25) is 0 Å². The molecule has 4 rings (SSSR count). The van der Waals surface area contributed by atoms with E-state index in [1.807, 2.05) is 55.7 Å². The molecule has 2 aromatic carbocycles. The first-order valence-corrected chi connectivity index (χ1v) is 9.35. The molecule has 0 aliphatic heterocycles. The molecule has 152 valence electrons. The third kappa shape index (κ3) is 4.00. The molecule has 2 heterocycles. The maximum Gasteiger partial charge on any atom is 0.323 e. The Bertz CT molecular complexity index is 1220. The van der Waals surface area contributed by atoms with E-state index in [4.69, 9.17) is 0 Å². The molecule has 0 aliphatic carbocycles. The summed E-state index contributed by atoms with van der Waals surface area (Å²) in [6.45, 7) is 0.319. The highest BCUT2D eigenvalue weighted by molar-refractivity contribution is 6.08. The zero-order chi connectivity index (χ0) is 21.1. The van der Waals surface area contributed by atoms with Crippen LogP contribution in [0.25, 0.3) is 10.8 Å². The van der Waals surface area contributed by atoms with Crippen molar-refractivity contribution < 1.29 is 9.59 Å². The summed E-state index contributed by atoms with van der Waals surface area (Å²) in [7, 11) is 3.45. The number of amides is 3. The number of rotatable bonds is 5. The van der Waals surface area contributed by atoms with Gasteiger partial charge in [0.1, 0.15) is 5.69 Å². The monoisotopic (exact) mass is 403 g/mol. The van der Waals surface area contributed by atoms with Crippen molar-refractivity contribution in [2.45, 2.75) is 6.54 Å². The summed E-state index contributed by atoms with van der Waals surface area (Å²) in [6, 6.07) is 13.0. The van der Waals surface area contributed by atoms with E-state index in [1.165, 1.54) is 10.9 Å². The Morgan fingerprint density at radius 2 is 1.70 bits per heavy atom. The first-order valence-electron chi connectivity index (χ1n) is 9.35. The molecule has 9 heteroatoms. The van der Waals surface area contributed by atoms with Crippen molar-refractivity contribution in [1.29, 1.82) is 0 Å². The topological polar surface area (TPSA) is 106 Å². The normalized spacial score (nSPS) is 10.7. The SMILES string of the molecule is Cn1cc(CNC(=O)c2c(NC(=O)Nc3cccc4ccccc34)cnn2C)cn1. The summed E-state index contributed by atoms with van der Waals surface area (Å²) in [5.41, 5.74) is 2.12. The molecule has 2 aromatic heterocycles. The lowest BCUT2D eigenvalue weighted by molar-refractivity contribution is 0.0942. The van der Waals surface area contributed by atoms with E-state index in [9.17, 15) is 9.59 Å². The van der Waals surface area contributed by atoms with Crippen molar-refractivity contribution in [2.24, 2.45) is 14.1 Å². The fourth-order valence-corrected chi connectivity index (χ4v) is 3.24. The van der Waals surface area contributed by atoms with Crippen LogP contribution in [0.4, 0.5) is 16.2 Å². The third-order valence-electron chi connectivity index (χ3n) is 4.65. The molecule has 0 aliphatic rings. The number of aromatic nitrogens is 4. The molecule has 0 spiro atoms. The van der Waals surface area contributed by atoms with E-state index >= 15 is 0 Å². The predicted molar refractivity (Wildman–Crippen MR) is 114 cm³/mol. The molecule has 0 fully saturated rings. The molecule has 9 nitrogen and oxygen atoms in total. The second-order valence-electron chi connectivity index (χ2n) is 6.84. The summed E-state index contributed by atoms with van der Waals surface area (Å²) in [5.74, 6) is -0.348. The van der Waals surface area contributed by atoms with Crippen molar-refractivity contribution >= 4 is 34.1 Å². The number of carbonyl (C=O) groups is 2. The molecule has 0 radical (unpaired) electrons. The average Bonchev–Trinajstić information content (AvgIpc) is 3.31. The smallest absolute Gasteiger partial charge is 0.323 e. The van der Waals surface area contributed by atoms with Gasteiger partial charge in [0.05, 0.1) is 23.8 Å². The Balaban J connectivity index is 1.47. The van der Waals surface area contributed by atoms with Crippen LogP contribution in [-0.4, -0.2) is 31.5 Å². The van der Waals surface area contributed by atoms with Crippen LogP contribution >= 0.6 is 0 Å². The number of fused-ring (bicyclic) bond motifs is 1. The summed E-state index contributed by atoms with van der Waals surface area (Å²) in [5, 5.41) is 18.5. The molecular weight excluding hydrogens is 382 g/mol. The highest BCUT2D eigenvalue weighted by Crippen LogP contribution is 2.23. The van der Waals surface area contributed by atoms with Gasteiger partial charge in [0.2, 0.25) is 0 Å². The van der Waals surface area contributed by atoms with Crippen LogP contribution in [0.15, 0.2) is 61.1 Å². The number of hydrogen-bond acceptors (Lipinski definition) is 4. The van der Waals surface area contributed by atoms with Crippen LogP contribution in [0.1, 0.15) is 16.1 Å². The number of nitrogens with zero attached hydrogens (tertiary/aromatic N) is 4. The van der Waals surface area contributed by atoms with Gasteiger partial charge in [0, 0.05) is 37.8 Å². The number of nitrogens with one attached hydrogen (secondary N) is 3. The molecule has 0 saturated heterocycles. The first kappa shape index (κ1) is 19.2. The Morgan fingerprint density at radius 3 is 2.50 bits per heavy atom. The van der Waals surface area contributed by atoms with Gasteiger partial charge in [0.15, 0.2) is 0 Å². The minimum absolute atomic E-state index is 0.256. The Labute approximate surface area is 172 Å². The highest BCUT2D eigenvalue weighted by Gasteiger charge is 2.19. The summed E-state index contributed by atoms with van der Waals surface area (Å²) in [4.78, 5) is 25.3. The van der Waals surface area contributed by atoms with Crippen LogP contribution in [0.5, 0.6) is 0 Å².